The number of esters is 1. The first-order valence-corrected chi connectivity index (χ1v) is 11.7. The molecule has 0 saturated heterocycles. The summed E-state index contributed by atoms with van der Waals surface area (Å²) in [5.74, 6) is -1.62. The molecule has 0 aromatic heterocycles. The standard InChI is InChI=1S/C27H24N2O4S/c1-4-33-27(32)21-10-5-6-11-22(21)29-25(30)23(28-19-9-7-8-18(3)16-19)24(26(29)31)34-20-14-12-17(2)13-15-20/h5-16,28H,4H2,1-3H3. The summed E-state index contributed by atoms with van der Waals surface area (Å²) in [5.41, 5.74) is 3.31. The maximum Gasteiger partial charge on any atom is 0.340 e. The number of anilines is 2. The molecule has 172 valence electrons. The van der Waals surface area contributed by atoms with E-state index in [0.717, 1.165) is 20.9 Å². The van der Waals surface area contributed by atoms with Crippen molar-refractivity contribution in [3.05, 3.63) is 100 Å². The third-order valence-electron chi connectivity index (χ3n) is 5.21. The van der Waals surface area contributed by atoms with Gasteiger partial charge < -0.3 is 10.1 Å². The number of hydrogen-bond acceptors (Lipinski definition) is 6. The number of ether oxygens (including phenoxy) is 1. The van der Waals surface area contributed by atoms with E-state index in [1.54, 1.807) is 31.2 Å². The quantitative estimate of drug-likeness (QED) is 0.363. The molecule has 1 heterocycles. The molecule has 1 aliphatic heterocycles. The van der Waals surface area contributed by atoms with Crippen molar-refractivity contribution in [1.29, 1.82) is 0 Å². The number of amides is 2. The van der Waals surface area contributed by atoms with E-state index in [-0.39, 0.29) is 28.5 Å². The van der Waals surface area contributed by atoms with E-state index >= 15 is 0 Å². The Labute approximate surface area is 202 Å². The van der Waals surface area contributed by atoms with E-state index < -0.39 is 17.8 Å². The molecule has 0 radical (unpaired) electrons. The van der Waals surface area contributed by atoms with Crippen molar-refractivity contribution in [1.82, 2.24) is 0 Å². The third-order valence-corrected chi connectivity index (χ3v) is 6.30. The molecule has 0 fully saturated rings. The Morgan fingerprint density at radius 1 is 0.912 bits per heavy atom. The lowest BCUT2D eigenvalue weighted by Gasteiger charge is -2.18. The van der Waals surface area contributed by atoms with Gasteiger partial charge in [-0.05, 0) is 62.7 Å². The van der Waals surface area contributed by atoms with Gasteiger partial charge in [-0.1, -0.05) is 53.7 Å². The predicted molar refractivity (Wildman–Crippen MR) is 134 cm³/mol. The Morgan fingerprint density at radius 2 is 1.65 bits per heavy atom. The van der Waals surface area contributed by atoms with Crippen molar-refractivity contribution in [3.63, 3.8) is 0 Å². The van der Waals surface area contributed by atoms with Crippen LogP contribution in [0.3, 0.4) is 0 Å². The molecule has 3 aromatic rings. The summed E-state index contributed by atoms with van der Waals surface area (Å²) in [6.07, 6.45) is 0. The molecule has 0 saturated carbocycles. The molecular formula is C27H24N2O4S. The van der Waals surface area contributed by atoms with Gasteiger partial charge in [0, 0.05) is 10.6 Å². The molecule has 6 nitrogen and oxygen atoms in total. The van der Waals surface area contributed by atoms with Crippen molar-refractivity contribution < 1.29 is 19.1 Å². The average molecular weight is 473 g/mol. The Morgan fingerprint density at radius 3 is 2.35 bits per heavy atom. The maximum absolute atomic E-state index is 13.6. The number of benzene rings is 3. The Balaban J connectivity index is 1.77. The lowest BCUT2D eigenvalue weighted by Crippen LogP contribution is -2.33. The maximum atomic E-state index is 13.6. The average Bonchev–Trinajstić information content (AvgIpc) is 3.04. The number of rotatable bonds is 7. The Kier molecular flexibility index (Phi) is 6.84. The fourth-order valence-corrected chi connectivity index (χ4v) is 4.50. The summed E-state index contributed by atoms with van der Waals surface area (Å²) in [5, 5.41) is 3.15. The Hall–Kier alpha value is -3.84. The second kappa shape index (κ2) is 9.97. The van der Waals surface area contributed by atoms with Crippen LogP contribution in [0.1, 0.15) is 28.4 Å². The number of hydrogen-bond donors (Lipinski definition) is 1. The summed E-state index contributed by atoms with van der Waals surface area (Å²) in [6.45, 7) is 5.82. The molecule has 7 heteroatoms. The fraction of sp³-hybridized carbons (Fsp3) is 0.148. The number of nitrogens with zero attached hydrogens (tertiary/aromatic N) is 1. The van der Waals surface area contributed by atoms with E-state index in [1.807, 2.05) is 62.4 Å². The monoisotopic (exact) mass is 472 g/mol. The zero-order chi connectivity index (χ0) is 24.2. The lowest BCUT2D eigenvalue weighted by atomic mass is 10.1. The van der Waals surface area contributed by atoms with E-state index in [1.165, 1.54) is 11.8 Å². The molecule has 0 spiro atoms. The van der Waals surface area contributed by atoms with Crippen LogP contribution in [0, 0.1) is 13.8 Å². The highest BCUT2D eigenvalue weighted by Gasteiger charge is 2.41. The number of aryl methyl sites for hydroxylation is 2. The smallest absolute Gasteiger partial charge is 0.340 e. The first-order chi connectivity index (χ1) is 16.4. The highest BCUT2D eigenvalue weighted by Crippen LogP contribution is 2.39. The molecule has 4 rings (SSSR count). The molecule has 0 aliphatic carbocycles. The minimum Gasteiger partial charge on any atom is -0.462 e. The second-order valence-electron chi connectivity index (χ2n) is 7.80. The highest BCUT2D eigenvalue weighted by atomic mass is 32.2. The molecular weight excluding hydrogens is 448 g/mol. The minimum atomic E-state index is -0.591. The van der Waals surface area contributed by atoms with Gasteiger partial charge >= 0.3 is 5.97 Å². The van der Waals surface area contributed by atoms with Crippen molar-refractivity contribution in [2.75, 3.05) is 16.8 Å². The van der Waals surface area contributed by atoms with Gasteiger partial charge in [0.1, 0.15) is 10.6 Å². The van der Waals surface area contributed by atoms with Crippen molar-refractivity contribution in [3.8, 4) is 0 Å². The number of imide groups is 1. The topological polar surface area (TPSA) is 75.7 Å². The van der Waals surface area contributed by atoms with Crippen molar-refractivity contribution in [2.45, 2.75) is 25.7 Å². The Bertz CT molecular complexity index is 1300. The molecule has 0 unspecified atom stereocenters. The van der Waals surface area contributed by atoms with Gasteiger partial charge in [0.05, 0.1) is 17.9 Å². The van der Waals surface area contributed by atoms with E-state index in [9.17, 15) is 14.4 Å². The number of thioether (sulfide) groups is 1. The van der Waals surface area contributed by atoms with Crippen LogP contribution >= 0.6 is 11.8 Å². The van der Waals surface area contributed by atoms with Crippen LogP contribution in [0.4, 0.5) is 11.4 Å². The molecule has 2 amide bonds. The van der Waals surface area contributed by atoms with Gasteiger partial charge in [-0.3, -0.25) is 9.59 Å². The second-order valence-corrected chi connectivity index (χ2v) is 8.88. The number of nitrogens with one attached hydrogen (secondary N) is 1. The third kappa shape index (κ3) is 4.75. The van der Waals surface area contributed by atoms with Crippen molar-refractivity contribution in [2.24, 2.45) is 0 Å². The zero-order valence-electron chi connectivity index (χ0n) is 19.1. The minimum absolute atomic E-state index is 0.155. The van der Waals surface area contributed by atoms with E-state index in [0.29, 0.717) is 5.69 Å². The zero-order valence-corrected chi connectivity index (χ0v) is 19.9. The lowest BCUT2D eigenvalue weighted by molar-refractivity contribution is -0.120. The first-order valence-electron chi connectivity index (χ1n) is 10.9. The van der Waals surface area contributed by atoms with E-state index in [4.69, 9.17) is 4.74 Å². The van der Waals surface area contributed by atoms with Gasteiger partial charge in [0.15, 0.2) is 0 Å². The number of para-hydroxylation sites is 1. The van der Waals surface area contributed by atoms with Gasteiger partial charge in [0.25, 0.3) is 11.8 Å². The van der Waals surface area contributed by atoms with E-state index in [2.05, 4.69) is 5.32 Å². The van der Waals surface area contributed by atoms with Crippen LogP contribution in [-0.2, 0) is 14.3 Å². The largest absolute Gasteiger partial charge is 0.462 e. The number of carbonyl (C=O) groups excluding carboxylic acids is 3. The van der Waals surface area contributed by atoms with Gasteiger partial charge in [-0.25, -0.2) is 9.69 Å². The summed E-state index contributed by atoms with van der Waals surface area (Å²) < 4.78 is 5.15. The molecule has 0 bridgehead atoms. The van der Waals surface area contributed by atoms with Gasteiger partial charge in [-0.2, -0.15) is 0 Å². The van der Waals surface area contributed by atoms with Crippen LogP contribution in [0.15, 0.2) is 88.3 Å². The summed E-state index contributed by atoms with van der Waals surface area (Å²) >= 11 is 1.22. The molecule has 1 aliphatic rings. The predicted octanol–water partition coefficient (Wildman–Crippen LogP) is 5.47. The summed E-state index contributed by atoms with van der Waals surface area (Å²) in [7, 11) is 0. The summed E-state index contributed by atoms with van der Waals surface area (Å²) in [4.78, 5) is 41.9. The van der Waals surface area contributed by atoms with Crippen LogP contribution < -0.4 is 10.2 Å². The SMILES string of the molecule is CCOC(=O)c1ccccc1N1C(=O)C(Nc2cccc(C)c2)=C(Sc2ccc(C)cc2)C1=O. The molecule has 1 N–H and O–H groups in total. The van der Waals surface area contributed by atoms with Crippen LogP contribution in [-0.4, -0.2) is 24.4 Å². The first kappa shape index (κ1) is 23.3. The normalized spacial score (nSPS) is 13.4. The van der Waals surface area contributed by atoms with Crippen LogP contribution in [0.25, 0.3) is 0 Å². The van der Waals surface area contributed by atoms with Crippen LogP contribution in [0.5, 0.6) is 0 Å². The summed E-state index contributed by atoms with van der Waals surface area (Å²) in [6, 6.07) is 21.7. The van der Waals surface area contributed by atoms with Crippen molar-refractivity contribution >= 4 is 40.9 Å². The highest BCUT2D eigenvalue weighted by molar-refractivity contribution is 8.04. The van der Waals surface area contributed by atoms with Crippen LogP contribution in [0.2, 0.25) is 0 Å². The fourth-order valence-electron chi connectivity index (χ4n) is 3.57. The molecule has 3 aromatic carbocycles. The molecule has 34 heavy (non-hydrogen) atoms. The molecule has 0 atom stereocenters. The van der Waals surface area contributed by atoms with Gasteiger partial charge in [-0.15, -0.1) is 0 Å². The van der Waals surface area contributed by atoms with Gasteiger partial charge in [0.2, 0.25) is 0 Å². The number of carbonyl (C=O) groups is 3.